The number of benzene rings is 1. The summed E-state index contributed by atoms with van der Waals surface area (Å²) in [6, 6.07) is 3.95. The van der Waals surface area contributed by atoms with E-state index in [0.29, 0.717) is 5.56 Å². The van der Waals surface area contributed by atoms with Crippen LogP contribution in [0.15, 0.2) is 23.1 Å². The molecule has 1 saturated heterocycles. The molecule has 0 aliphatic carbocycles. The van der Waals surface area contributed by atoms with Gasteiger partial charge in [-0.25, -0.2) is 12.8 Å². The molecule has 0 bridgehead atoms. The number of halogens is 1. The van der Waals surface area contributed by atoms with Crippen LogP contribution in [0.25, 0.3) is 0 Å². The molecule has 2 N–H and O–H groups in total. The number of sulfone groups is 1. The molecule has 0 amide bonds. The van der Waals surface area contributed by atoms with Crippen molar-refractivity contribution in [1.29, 1.82) is 0 Å². The third-order valence-corrected chi connectivity index (χ3v) is 4.68. The highest BCUT2D eigenvalue weighted by Gasteiger charge is 2.35. The van der Waals surface area contributed by atoms with Crippen molar-refractivity contribution in [2.24, 2.45) is 5.73 Å². The molecule has 2 rings (SSSR count). The summed E-state index contributed by atoms with van der Waals surface area (Å²) >= 11 is 0. The maximum Gasteiger partial charge on any atom is 0.188 e. The topological polar surface area (TPSA) is 69.4 Å². The van der Waals surface area contributed by atoms with E-state index in [4.69, 9.17) is 10.5 Å². The van der Waals surface area contributed by atoms with Crippen molar-refractivity contribution in [2.75, 3.05) is 13.2 Å². The van der Waals surface area contributed by atoms with Crippen LogP contribution in [0.5, 0.6) is 0 Å². The molecule has 0 unspecified atom stereocenters. The lowest BCUT2D eigenvalue weighted by Gasteiger charge is -2.25. The van der Waals surface area contributed by atoms with E-state index in [9.17, 15) is 12.8 Å². The zero-order valence-corrected chi connectivity index (χ0v) is 9.34. The van der Waals surface area contributed by atoms with Crippen molar-refractivity contribution >= 4 is 9.84 Å². The van der Waals surface area contributed by atoms with Gasteiger partial charge in [-0.05, 0) is 17.7 Å². The van der Waals surface area contributed by atoms with Crippen molar-refractivity contribution in [3.8, 4) is 0 Å². The third-order valence-electron chi connectivity index (χ3n) is 2.58. The first-order valence-electron chi connectivity index (χ1n) is 4.86. The Kier molecular flexibility index (Phi) is 2.96. The molecule has 1 fully saturated rings. The van der Waals surface area contributed by atoms with Crippen LogP contribution in [-0.4, -0.2) is 26.9 Å². The molecule has 1 aromatic rings. The van der Waals surface area contributed by atoms with Gasteiger partial charge < -0.3 is 10.5 Å². The molecule has 0 aromatic heterocycles. The normalized spacial score (nSPS) is 17.1. The Labute approximate surface area is 93.1 Å². The summed E-state index contributed by atoms with van der Waals surface area (Å²) in [4.78, 5) is -0.266. The SMILES string of the molecule is NCc1ccc(S(=O)(=O)C2COC2)c(F)c1. The second kappa shape index (κ2) is 4.12. The lowest BCUT2D eigenvalue weighted by molar-refractivity contribution is 0.0415. The summed E-state index contributed by atoms with van der Waals surface area (Å²) in [5, 5.41) is -0.620. The average Bonchev–Trinajstić information content (AvgIpc) is 2.13. The first-order valence-corrected chi connectivity index (χ1v) is 6.40. The van der Waals surface area contributed by atoms with Gasteiger partial charge >= 0.3 is 0 Å². The van der Waals surface area contributed by atoms with Gasteiger partial charge in [0.1, 0.15) is 16.0 Å². The van der Waals surface area contributed by atoms with E-state index in [1.165, 1.54) is 12.1 Å². The average molecular weight is 245 g/mol. The third kappa shape index (κ3) is 1.83. The van der Waals surface area contributed by atoms with Crippen LogP contribution in [0.3, 0.4) is 0 Å². The molecular formula is C10H12FNO3S. The van der Waals surface area contributed by atoms with Crippen LogP contribution in [0.4, 0.5) is 4.39 Å². The summed E-state index contributed by atoms with van der Waals surface area (Å²) in [6.07, 6.45) is 0. The van der Waals surface area contributed by atoms with E-state index in [1.807, 2.05) is 0 Å². The molecule has 4 nitrogen and oxygen atoms in total. The molecule has 16 heavy (non-hydrogen) atoms. The molecule has 0 radical (unpaired) electrons. The molecule has 0 saturated carbocycles. The molecule has 1 heterocycles. The van der Waals surface area contributed by atoms with Gasteiger partial charge in [-0.15, -0.1) is 0 Å². The van der Waals surface area contributed by atoms with E-state index in [2.05, 4.69) is 0 Å². The first kappa shape index (κ1) is 11.5. The Morgan fingerprint density at radius 2 is 2.12 bits per heavy atom. The van der Waals surface area contributed by atoms with Crippen LogP contribution in [-0.2, 0) is 21.1 Å². The quantitative estimate of drug-likeness (QED) is 0.839. The Bertz CT molecular complexity index is 497. The van der Waals surface area contributed by atoms with E-state index in [0.717, 1.165) is 6.07 Å². The fraction of sp³-hybridized carbons (Fsp3) is 0.400. The van der Waals surface area contributed by atoms with Crippen molar-refractivity contribution in [3.05, 3.63) is 29.6 Å². The number of ether oxygens (including phenoxy) is 1. The molecule has 1 aliphatic rings. The predicted molar refractivity (Wildman–Crippen MR) is 56.1 cm³/mol. The lowest BCUT2D eigenvalue weighted by Crippen LogP contribution is -2.40. The van der Waals surface area contributed by atoms with Gasteiger partial charge in [0.15, 0.2) is 9.84 Å². The Hall–Kier alpha value is -0.980. The largest absolute Gasteiger partial charge is 0.379 e. The van der Waals surface area contributed by atoms with Crippen LogP contribution in [0, 0.1) is 5.82 Å². The molecule has 1 aliphatic heterocycles. The van der Waals surface area contributed by atoms with Crippen molar-refractivity contribution in [3.63, 3.8) is 0 Å². The molecule has 0 spiro atoms. The van der Waals surface area contributed by atoms with E-state index in [1.54, 1.807) is 0 Å². The summed E-state index contributed by atoms with van der Waals surface area (Å²) in [5.41, 5.74) is 5.91. The minimum absolute atomic E-state index is 0.139. The minimum Gasteiger partial charge on any atom is -0.379 e. The monoisotopic (exact) mass is 245 g/mol. The van der Waals surface area contributed by atoms with Crippen LogP contribution in [0.2, 0.25) is 0 Å². The molecule has 0 atom stereocenters. The lowest BCUT2D eigenvalue weighted by atomic mass is 10.2. The van der Waals surface area contributed by atoms with Gasteiger partial charge in [-0.1, -0.05) is 6.07 Å². The van der Waals surface area contributed by atoms with Gasteiger partial charge in [-0.3, -0.25) is 0 Å². The Morgan fingerprint density at radius 1 is 1.44 bits per heavy atom. The summed E-state index contributed by atoms with van der Waals surface area (Å²) in [7, 11) is -3.60. The first-order chi connectivity index (χ1) is 7.55. The van der Waals surface area contributed by atoms with E-state index < -0.39 is 20.9 Å². The molecule has 6 heteroatoms. The van der Waals surface area contributed by atoms with Gasteiger partial charge in [0.25, 0.3) is 0 Å². The van der Waals surface area contributed by atoms with Gasteiger partial charge in [0.05, 0.1) is 13.2 Å². The van der Waals surface area contributed by atoms with Crippen LogP contribution in [0.1, 0.15) is 5.56 Å². The number of nitrogens with two attached hydrogens (primary N) is 1. The van der Waals surface area contributed by atoms with E-state index in [-0.39, 0.29) is 24.7 Å². The number of rotatable bonds is 3. The summed E-state index contributed by atoms with van der Waals surface area (Å²) in [5.74, 6) is -0.741. The molecule has 1 aromatic carbocycles. The minimum atomic E-state index is -3.60. The molecular weight excluding hydrogens is 233 g/mol. The van der Waals surface area contributed by atoms with Gasteiger partial charge in [-0.2, -0.15) is 0 Å². The summed E-state index contributed by atoms with van der Waals surface area (Å²) in [6.45, 7) is 0.463. The standard InChI is InChI=1S/C10H12FNO3S/c11-9-3-7(4-12)1-2-10(9)16(13,14)8-5-15-6-8/h1-3,8H,4-6,12H2. The second-order valence-corrected chi connectivity index (χ2v) is 5.87. The van der Waals surface area contributed by atoms with Gasteiger partial charge in [0.2, 0.25) is 0 Å². The number of hydrogen-bond donors (Lipinski definition) is 1. The highest BCUT2D eigenvalue weighted by molar-refractivity contribution is 7.92. The fourth-order valence-electron chi connectivity index (χ4n) is 1.47. The summed E-state index contributed by atoms with van der Waals surface area (Å²) < 4.78 is 42.2. The van der Waals surface area contributed by atoms with Crippen molar-refractivity contribution < 1.29 is 17.5 Å². The smallest absolute Gasteiger partial charge is 0.188 e. The second-order valence-electron chi connectivity index (χ2n) is 3.67. The van der Waals surface area contributed by atoms with Gasteiger partial charge in [0, 0.05) is 6.54 Å². The maximum atomic E-state index is 13.6. The molecule has 88 valence electrons. The fourth-order valence-corrected chi connectivity index (χ4v) is 2.97. The Morgan fingerprint density at radius 3 is 2.56 bits per heavy atom. The van der Waals surface area contributed by atoms with Crippen molar-refractivity contribution in [1.82, 2.24) is 0 Å². The van der Waals surface area contributed by atoms with Crippen LogP contribution >= 0.6 is 0 Å². The number of hydrogen-bond acceptors (Lipinski definition) is 4. The predicted octanol–water partition coefficient (Wildman–Crippen LogP) is 0.457. The zero-order valence-electron chi connectivity index (χ0n) is 8.52. The maximum absolute atomic E-state index is 13.6. The highest BCUT2D eigenvalue weighted by atomic mass is 32.2. The highest BCUT2D eigenvalue weighted by Crippen LogP contribution is 2.24. The Balaban J connectivity index is 2.40. The van der Waals surface area contributed by atoms with E-state index >= 15 is 0 Å². The zero-order chi connectivity index (χ0) is 11.8. The van der Waals surface area contributed by atoms with Crippen LogP contribution < -0.4 is 5.73 Å². The van der Waals surface area contributed by atoms with Crippen molar-refractivity contribution in [2.45, 2.75) is 16.7 Å².